The molecule has 0 bridgehead atoms. The summed E-state index contributed by atoms with van der Waals surface area (Å²) < 4.78 is 61.0. The normalized spacial score (nSPS) is 20.5. The van der Waals surface area contributed by atoms with Crippen LogP contribution in [-0.4, -0.2) is 44.3 Å². The van der Waals surface area contributed by atoms with Gasteiger partial charge >= 0.3 is 6.18 Å². The maximum absolute atomic E-state index is 14.8. The van der Waals surface area contributed by atoms with Gasteiger partial charge in [-0.3, -0.25) is 4.90 Å². The van der Waals surface area contributed by atoms with E-state index in [0.29, 0.717) is 52.2 Å². The Morgan fingerprint density at radius 2 is 1.70 bits per heavy atom. The van der Waals surface area contributed by atoms with Gasteiger partial charge in [-0.05, 0) is 30.9 Å². The van der Waals surface area contributed by atoms with Crippen LogP contribution in [0.2, 0.25) is 5.02 Å². The third-order valence-corrected chi connectivity index (χ3v) is 5.28. The highest BCUT2D eigenvalue weighted by Crippen LogP contribution is 2.44. The molecule has 27 heavy (non-hydrogen) atoms. The minimum absolute atomic E-state index is 0. The summed E-state index contributed by atoms with van der Waals surface area (Å²) >= 11 is 5.86. The van der Waals surface area contributed by atoms with Crippen molar-refractivity contribution in [3.8, 4) is 0 Å². The number of nitrogens with one attached hydrogen (secondary N) is 1. The van der Waals surface area contributed by atoms with Crippen molar-refractivity contribution in [1.29, 1.82) is 0 Å². The van der Waals surface area contributed by atoms with Crippen LogP contribution in [0.5, 0.6) is 0 Å². The van der Waals surface area contributed by atoms with Crippen LogP contribution in [-0.2, 0) is 10.9 Å². The largest absolute Gasteiger partial charge is 0.416 e. The van der Waals surface area contributed by atoms with Crippen molar-refractivity contribution in [3.63, 3.8) is 0 Å². The molecule has 0 amide bonds. The number of benzene rings is 1. The second kappa shape index (κ2) is 10.5. The summed E-state index contributed by atoms with van der Waals surface area (Å²) in [4.78, 5) is 1.95. The van der Waals surface area contributed by atoms with Crippen molar-refractivity contribution >= 4 is 36.4 Å². The zero-order valence-corrected chi connectivity index (χ0v) is 16.9. The molecule has 0 spiro atoms. The zero-order chi connectivity index (χ0) is 18.0. The van der Waals surface area contributed by atoms with Crippen LogP contribution in [0.3, 0.4) is 0 Å². The van der Waals surface area contributed by atoms with E-state index in [0.717, 1.165) is 12.1 Å². The van der Waals surface area contributed by atoms with E-state index in [4.69, 9.17) is 16.3 Å². The summed E-state index contributed by atoms with van der Waals surface area (Å²) in [7, 11) is 0. The Kier molecular flexibility index (Phi) is 9.58. The summed E-state index contributed by atoms with van der Waals surface area (Å²) in [6, 6.07) is 1.23. The number of ether oxygens (including phenoxy) is 1. The van der Waals surface area contributed by atoms with Gasteiger partial charge in [0, 0.05) is 51.0 Å². The van der Waals surface area contributed by atoms with Gasteiger partial charge in [0.2, 0.25) is 0 Å². The fourth-order valence-corrected chi connectivity index (χ4v) is 3.98. The molecule has 2 aliphatic rings. The van der Waals surface area contributed by atoms with Crippen LogP contribution in [0, 0.1) is 11.7 Å². The first-order valence-electron chi connectivity index (χ1n) is 8.47. The highest BCUT2D eigenvalue weighted by Gasteiger charge is 2.42. The lowest BCUT2D eigenvalue weighted by Gasteiger charge is -2.42. The van der Waals surface area contributed by atoms with Gasteiger partial charge in [0.15, 0.2) is 0 Å². The van der Waals surface area contributed by atoms with Gasteiger partial charge in [-0.25, -0.2) is 4.39 Å². The van der Waals surface area contributed by atoms with E-state index in [1.54, 1.807) is 0 Å². The number of piperazine rings is 1. The Morgan fingerprint density at radius 1 is 1.11 bits per heavy atom. The SMILES string of the molecule is Cl.Cl.Fc1c(Cl)ccc(C(F)(F)F)c1[C@@H](C1CCOCC1)N1CCNCC1. The van der Waals surface area contributed by atoms with Crippen LogP contribution in [0.15, 0.2) is 12.1 Å². The van der Waals surface area contributed by atoms with E-state index >= 15 is 0 Å². The molecule has 0 saturated carbocycles. The number of alkyl halides is 3. The van der Waals surface area contributed by atoms with Gasteiger partial charge in [0.1, 0.15) is 5.82 Å². The zero-order valence-electron chi connectivity index (χ0n) is 14.5. The quantitative estimate of drug-likeness (QED) is 0.671. The fourth-order valence-electron chi connectivity index (χ4n) is 3.81. The lowest BCUT2D eigenvalue weighted by atomic mass is 9.83. The van der Waals surface area contributed by atoms with Crippen molar-refractivity contribution in [2.75, 3.05) is 39.4 Å². The fraction of sp³-hybridized carbons (Fsp3) is 0.647. The summed E-state index contributed by atoms with van der Waals surface area (Å²) in [5.41, 5.74) is -1.24. The summed E-state index contributed by atoms with van der Waals surface area (Å²) in [5, 5.41) is 2.92. The molecule has 1 aromatic rings. The highest BCUT2D eigenvalue weighted by atomic mass is 35.5. The standard InChI is InChI=1S/C17H21ClF4N2O.2ClH/c18-13-2-1-12(17(20,21)22)14(15(13)19)16(11-3-9-25-10-4-11)24-7-5-23-6-8-24;;/h1-2,11,16,23H,3-10H2;2*1H/t16-;;/m1../s1. The Hall–Kier alpha value is -0.310. The molecule has 10 heteroatoms. The Balaban J connectivity index is 0.00000182. The van der Waals surface area contributed by atoms with Crippen LogP contribution in [0.25, 0.3) is 0 Å². The summed E-state index contributed by atoms with van der Waals surface area (Å²) in [6.45, 7) is 3.46. The molecular weight excluding hydrogens is 431 g/mol. The van der Waals surface area contributed by atoms with E-state index in [1.807, 2.05) is 4.90 Å². The van der Waals surface area contributed by atoms with E-state index in [9.17, 15) is 17.6 Å². The molecule has 156 valence electrons. The predicted octanol–water partition coefficient (Wildman–Crippen LogP) is 4.71. The lowest BCUT2D eigenvalue weighted by Crippen LogP contribution is -2.48. The molecule has 0 aliphatic carbocycles. The second-order valence-electron chi connectivity index (χ2n) is 6.50. The number of halogens is 7. The topological polar surface area (TPSA) is 24.5 Å². The molecule has 2 heterocycles. The first-order valence-corrected chi connectivity index (χ1v) is 8.85. The molecule has 1 aromatic carbocycles. The molecule has 2 aliphatic heterocycles. The lowest BCUT2D eigenvalue weighted by molar-refractivity contribution is -0.139. The third kappa shape index (κ3) is 5.61. The average Bonchev–Trinajstić information content (AvgIpc) is 2.60. The number of hydrogen-bond donors (Lipinski definition) is 1. The summed E-state index contributed by atoms with van der Waals surface area (Å²) in [6.07, 6.45) is -3.41. The van der Waals surface area contributed by atoms with Crippen molar-refractivity contribution in [2.45, 2.75) is 25.1 Å². The summed E-state index contributed by atoms with van der Waals surface area (Å²) in [5.74, 6) is -1.05. The minimum atomic E-state index is -4.63. The molecule has 3 nitrogen and oxygen atoms in total. The van der Waals surface area contributed by atoms with Gasteiger partial charge < -0.3 is 10.1 Å². The van der Waals surface area contributed by atoms with E-state index in [-0.39, 0.29) is 41.3 Å². The van der Waals surface area contributed by atoms with Crippen LogP contribution >= 0.6 is 36.4 Å². The average molecular weight is 454 g/mol. The van der Waals surface area contributed by atoms with E-state index in [2.05, 4.69) is 5.32 Å². The molecule has 2 saturated heterocycles. The van der Waals surface area contributed by atoms with Crippen molar-refractivity contribution in [1.82, 2.24) is 10.2 Å². The molecular formula is C17H23Cl3F4N2O. The van der Waals surface area contributed by atoms with Crippen LogP contribution in [0.1, 0.15) is 30.0 Å². The molecule has 1 atom stereocenters. The van der Waals surface area contributed by atoms with Crippen LogP contribution < -0.4 is 5.32 Å². The van der Waals surface area contributed by atoms with E-state index < -0.39 is 23.6 Å². The van der Waals surface area contributed by atoms with Crippen LogP contribution in [0.4, 0.5) is 17.6 Å². The Morgan fingerprint density at radius 3 is 2.26 bits per heavy atom. The number of rotatable bonds is 3. The third-order valence-electron chi connectivity index (χ3n) is 4.99. The van der Waals surface area contributed by atoms with Gasteiger partial charge in [-0.1, -0.05) is 11.6 Å². The van der Waals surface area contributed by atoms with Gasteiger partial charge in [0.05, 0.1) is 10.6 Å². The Labute approximate surface area is 173 Å². The van der Waals surface area contributed by atoms with Gasteiger partial charge in [-0.15, -0.1) is 24.8 Å². The van der Waals surface area contributed by atoms with E-state index in [1.165, 1.54) is 0 Å². The maximum Gasteiger partial charge on any atom is 0.416 e. The highest BCUT2D eigenvalue weighted by molar-refractivity contribution is 6.30. The molecule has 1 N–H and O–H groups in total. The maximum atomic E-state index is 14.8. The molecule has 2 fully saturated rings. The monoisotopic (exact) mass is 452 g/mol. The predicted molar refractivity (Wildman–Crippen MR) is 102 cm³/mol. The first kappa shape index (κ1) is 24.7. The molecule has 0 aromatic heterocycles. The molecule has 3 rings (SSSR count). The Bertz CT molecular complexity index is 589. The van der Waals surface area contributed by atoms with Gasteiger partial charge in [0.25, 0.3) is 0 Å². The molecule has 0 radical (unpaired) electrons. The van der Waals surface area contributed by atoms with Gasteiger partial charge in [-0.2, -0.15) is 13.2 Å². The first-order chi connectivity index (χ1) is 11.9. The smallest absolute Gasteiger partial charge is 0.381 e. The number of nitrogens with zero attached hydrogens (tertiary/aromatic N) is 1. The molecule has 0 unspecified atom stereocenters. The minimum Gasteiger partial charge on any atom is -0.381 e. The van der Waals surface area contributed by atoms with Crippen molar-refractivity contribution in [2.24, 2.45) is 5.92 Å². The second-order valence-corrected chi connectivity index (χ2v) is 6.91. The number of hydrogen-bond acceptors (Lipinski definition) is 3. The van der Waals surface area contributed by atoms with Crippen molar-refractivity contribution in [3.05, 3.63) is 34.1 Å². The van der Waals surface area contributed by atoms with Crippen molar-refractivity contribution < 1.29 is 22.3 Å².